The number of benzene rings is 3. The van der Waals surface area contributed by atoms with E-state index in [2.05, 4.69) is 9.97 Å². The van der Waals surface area contributed by atoms with Crippen molar-refractivity contribution in [1.82, 2.24) is 9.97 Å². The molecule has 1 aromatic heterocycles. The van der Waals surface area contributed by atoms with Gasteiger partial charge < -0.3 is 9.47 Å². The van der Waals surface area contributed by atoms with Crippen molar-refractivity contribution >= 4 is 34.5 Å². The molecule has 3 aromatic carbocycles. The van der Waals surface area contributed by atoms with Crippen LogP contribution in [-0.2, 0) is 0 Å². The smallest absolute Gasteiger partial charge is 0.185 e. The summed E-state index contributed by atoms with van der Waals surface area (Å²) in [4.78, 5) is 21.1. The Morgan fingerprint density at radius 3 is 2.59 bits per heavy atom. The molecular weight excluding hydrogens is 420 g/mol. The number of rotatable bonds is 9. The number of para-hydroxylation sites is 2. The van der Waals surface area contributed by atoms with Crippen molar-refractivity contribution in [3.63, 3.8) is 0 Å². The maximum absolute atomic E-state index is 12.5. The number of methoxy groups -OCH3 is 1. The maximum atomic E-state index is 12.5. The number of allylic oxidation sites excluding steroid dienone is 1. The van der Waals surface area contributed by atoms with Crippen molar-refractivity contribution in [2.45, 2.75) is 5.03 Å². The molecule has 1 heterocycles. The van der Waals surface area contributed by atoms with Gasteiger partial charge in [0.25, 0.3) is 0 Å². The van der Waals surface area contributed by atoms with Crippen LogP contribution >= 0.6 is 11.8 Å². The number of ether oxygens (including phenoxy) is 2. The van der Waals surface area contributed by atoms with E-state index in [-0.39, 0.29) is 5.78 Å². The van der Waals surface area contributed by atoms with Gasteiger partial charge in [0.15, 0.2) is 5.78 Å². The summed E-state index contributed by atoms with van der Waals surface area (Å²) in [5, 5.41) is 1.99. The van der Waals surface area contributed by atoms with Gasteiger partial charge in [0.1, 0.15) is 22.9 Å². The van der Waals surface area contributed by atoms with E-state index in [0.717, 1.165) is 38.7 Å². The van der Waals surface area contributed by atoms with Crippen LogP contribution in [0.3, 0.4) is 0 Å². The van der Waals surface area contributed by atoms with E-state index < -0.39 is 0 Å². The third-order valence-electron chi connectivity index (χ3n) is 4.79. The Morgan fingerprint density at radius 2 is 1.75 bits per heavy atom. The summed E-state index contributed by atoms with van der Waals surface area (Å²) >= 11 is 1.64. The van der Waals surface area contributed by atoms with Gasteiger partial charge in [0, 0.05) is 22.3 Å². The highest BCUT2D eigenvalue weighted by atomic mass is 32.2. The number of carbonyl (C=O) groups is 1. The molecule has 4 rings (SSSR count). The summed E-state index contributed by atoms with van der Waals surface area (Å²) in [6.45, 7) is 0.532. The summed E-state index contributed by atoms with van der Waals surface area (Å²) in [5.74, 6) is 2.13. The second kappa shape index (κ2) is 10.6. The van der Waals surface area contributed by atoms with E-state index in [1.807, 2.05) is 60.7 Å². The first-order valence-corrected chi connectivity index (χ1v) is 11.1. The zero-order valence-corrected chi connectivity index (χ0v) is 18.4. The van der Waals surface area contributed by atoms with Crippen molar-refractivity contribution in [3.05, 3.63) is 96.3 Å². The average molecular weight is 443 g/mol. The molecule has 5 nitrogen and oxygen atoms in total. The number of hydrogen-bond donors (Lipinski definition) is 0. The quantitative estimate of drug-likeness (QED) is 0.109. The minimum absolute atomic E-state index is 0.0753. The van der Waals surface area contributed by atoms with Gasteiger partial charge in [0.2, 0.25) is 0 Å². The standard InChI is InChI=1S/C26H22N2O3S/c1-30-25-9-5-2-6-20(25)12-15-24(29)19-10-13-21(14-11-19)31-16-17-32-26-22-7-3-4-8-23(22)27-18-28-26/h2-15,18H,16-17H2,1H3/b15-12+. The van der Waals surface area contributed by atoms with E-state index in [1.54, 1.807) is 49.5 Å². The third kappa shape index (κ3) is 5.34. The molecule has 0 bridgehead atoms. The molecule has 0 saturated heterocycles. The summed E-state index contributed by atoms with van der Waals surface area (Å²) in [6.07, 6.45) is 4.90. The van der Waals surface area contributed by atoms with E-state index >= 15 is 0 Å². The van der Waals surface area contributed by atoms with Crippen molar-refractivity contribution in [2.24, 2.45) is 0 Å². The van der Waals surface area contributed by atoms with Gasteiger partial charge in [-0.3, -0.25) is 4.79 Å². The predicted octanol–water partition coefficient (Wildman–Crippen LogP) is 5.71. The third-order valence-corrected chi connectivity index (χ3v) is 5.76. The zero-order chi connectivity index (χ0) is 22.2. The average Bonchev–Trinajstić information content (AvgIpc) is 2.85. The van der Waals surface area contributed by atoms with Crippen LogP contribution in [0.25, 0.3) is 17.0 Å². The number of hydrogen-bond acceptors (Lipinski definition) is 6. The molecule has 0 aliphatic heterocycles. The maximum Gasteiger partial charge on any atom is 0.185 e. The molecule has 0 saturated carbocycles. The van der Waals surface area contributed by atoms with Crippen LogP contribution in [0.1, 0.15) is 15.9 Å². The molecule has 0 N–H and O–H groups in total. The molecule has 0 aliphatic rings. The normalized spacial score (nSPS) is 11.0. The number of carbonyl (C=O) groups excluding carboxylic acids is 1. The number of aromatic nitrogens is 2. The van der Waals surface area contributed by atoms with Crippen LogP contribution in [0.5, 0.6) is 11.5 Å². The van der Waals surface area contributed by atoms with E-state index in [0.29, 0.717) is 12.2 Å². The number of fused-ring (bicyclic) bond motifs is 1. The van der Waals surface area contributed by atoms with Crippen molar-refractivity contribution in [3.8, 4) is 11.5 Å². The molecule has 0 unspecified atom stereocenters. The second-order valence-electron chi connectivity index (χ2n) is 6.86. The fourth-order valence-corrected chi connectivity index (χ4v) is 3.98. The molecule has 0 radical (unpaired) electrons. The number of thioether (sulfide) groups is 1. The highest BCUT2D eigenvalue weighted by molar-refractivity contribution is 7.99. The zero-order valence-electron chi connectivity index (χ0n) is 17.6. The lowest BCUT2D eigenvalue weighted by Gasteiger charge is -2.07. The molecule has 0 aliphatic carbocycles. The van der Waals surface area contributed by atoms with Crippen LogP contribution in [0.4, 0.5) is 0 Å². The molecule has 0 fully saturated rings. The van der Waals surface area contributed by atoms with Gasteiger partial charge in [-0.25, -0.2) is 9.97 Å². The molecular formula is C26H22N2O3S. The predicted molar refractivity (Wildman–Crippen MR) is 129 cm³/mol. The molecule has 0 amide bonds. The monoisotopic (exact) mass is 442 g/mol. The van der Waals surface area contributed by atoms with E-state index in [4.69, 9.17) is 9.47 Å². The SMILES string of the molecule is COc1ccccc1/C=C/C(=O)c1ccc(OCCSc2ncnc3ccccc23)cc1. The Morgan fingerprint density at radius 1 is 0.969 bits per heavy atom. The Bertz CT molecular complexity index is 1230. The lowest BCUT2D eigenvalue weighted by atomic mass is 10.1. The van der Waals surface area contributed by atoms with Gasteiger partial charge in [-0.2, -0.15) is 0 Å². The first-order chi connectivity index (χ1) is 15.7. The minimum Gasteiger partial charge on any atom is -0.496 e. The first-order valence-electron chi connectivity index (χ1n) is 10.2. The molecule has 0 atom stereocenters. The van der Waals surface area contributed by atoms with Crippen LogP contribution in [0.2, 0.25) is 0 Å². The largest absolute Gasteiger partial charge is 0.496 e. The summed E-state index contributed by atoms with van der Waals surface area (Å²) < 4.78 is 11.1. The van der Waals surface area contributed by atoms with Crippen LogP contribution in [-0.4, -0.2) is 35.2 Å². The molecule has 6 heteroatoms. The van der Waals surface area contributed by atoms with Crippen LogP contribution < -0.4 is 9.47 Å². The Balaban J connectivity index is 1.30. The van der Waals surface area contributed by atoms with Gasteiger partial charge in [-0.05, 0) is 48.6 Å². The summed E-state index contributed by atoms with van der Waals surface area (Å²) in [5.41, 5.74) is 2.40. The Kier molecular flexibility index (Phi) is 7.15. The minimum atomic E-state index is -0.0753. The molecule has 160 valence electrons. The lowest BCUT2D eigenvalue weighted by molar-refractivity contribution is 0.104. The van der Waals surface area contributed by atoms with Crippen molar-refractivity contribution in [1.29, 1.82) is 0 Å². The highest BCUT2D eigenvalue weighted by Gasteiger charge is 2.06. The highest BCUT2D eigenvalue weighted by Crippen LogP contribution is 2.24. The number of ketones is 1. The summed E-state index contributed by atoms with van der Waals surface area (Å²) in [6, 6.07) is 22.7. The van der Waals surface area contributed by atoms with Gasteiger partial charge in [0.05, 0.1) is 19.2 Å². The van der Waals surface area contributed by atoms with Crippen molar-refractivity contribution in [2.75, 3.05) is 19.5 Å². The Labute approximate surface area is 191 Å². The van der Waals surface area contributed by atoms with Crippen molar-refractivity contribution < 1.29 is 14.3 Å². The summed E-state index contributed by atoms with van der Waals surface area (Å²) in [7, 11) is 1.61. The fourth-order valence-electron chi connectivity index (χ4n) is 3.17. The topological polar surface area (TPSA) is 61.3 Å². The Hall–Kier alpha value is -3.64. The first kappa shape index (κ1) is 21.6. The van der Waals surface area contributed by atoms with E-state index in [9.17, 15) is 4.79 Å². The fraction of sp³-hybridized carbons (Fsp3) is 0.115. The lowest BCUT2D eigenvalue weighted by Crippen LogP contribution is -2.01. The van der Waals surface area contributed by atoms with Gasteiger partial charge in [-0.15, -0.1) is 11.8 Å². The molecule has 0 spiro atoms. The van der Waals surface area contributed by atoms with Gasteiger partial charge >= 0.3 is 0 Å². The second-order valence-corrected chi connectivity index (χ2v) is 7.94. The molecule has 4 aromatic rings. The van der Waals surface area contributed by atoms with E-state index in [1.165, 1.54) is 0 Å². The van der Waals surface area contributed by atoms with Gasteiger partial charge in [-0.1, -0.05) is 36.4 Å². The number of nitrogens with zero attached hydrogens (tertiary/aromatic N) is 2. The molecule has 32 heavy (non-hydrogen) atoms. The van der Waals surface area contributed by atoms with Crippen LogP contribution in [0.15, 0.2) is 90.2 Å². The van der Waals surface area contributed by atoms with Crippen LogP contribution in [0, 0.1) is 0 Å².